The van der Waals surface area contributed by atoms with Crippen LogP contribution in [0.4, 0.5) is 4.39 Å². The SMILES string of the molecule is CC[C@@H](C[C@H]1C=C(N)NC1)Oc1ccc(Cl)cc1F. The summed E-state index contributed by atoms with van der Waals surface area (Å²) in [4.78, 5) is 0. The lowest BCUT2D eigenvalue weighted by atomic mass is 10.0. The number of benzene rings is 1. The van der Waals surface area contributed by atoms with Crippen LogP contribution >= 0.6 is 11.6 Å². The second kappa shape index (κ2) is 6.15. The Labute approximate surface area is 117 Å². The van der Waals surface area contributed by atoms with E-state index in [1.165, 1.54) is 6.07 Å². The molecule has 104 valence electrons. The summed E-state index contributed by atoms with van der Waals surface area (Å²) >= 11 is 5.72. The lowest BCUT2D eigenvalue weighted by molar-refractivity contribution is 0.166. The molecular formula is C14H18ClFN2O. The first kappa shape index (κ1) is 14.0. The topological polar surface area (TPSA) is 47.3 Å². The quantitative estimate of drug-likeness (QED) is 0.874. The lowest BCUT2D eigenvalue weighted by Crippen LogP contribution is -2.23. The molecule has 0 unspecified atom stereocenters. The van der Waals surface area contributed by atoms with Gasteiger partial charge in [-0.1, -0.05) is 18.5 Å². The van der Waals surface area contributed by atoms with Gasteiger partial charge in [-0.15, -0.1) is 0 Å². The smallest absolute Gasteiger partial charge is 0.166 e. The average molecular weight is 285 g/mol. The number of halogens is 2. The third-order valence-corrected chi connectivity index (χ3v) is 3.43. The van der Waals surface area contributed by atoms with Crippen molar-refractivity contribution < 1.29 is 9.13 Å². The van der Waals surface area contributed by atoms with Crippen LogP contribution in [0.1, 0.15) is 19.8 Å². The van der Waals surface area contributed by atoms with Crippen molar-refractivity contribution >= 4 is 11.6 Å². The van der Waals surface area contributed by atoms with Crippen LogP contribution in [-0.4, -0.2) is 12.6 Å². The molecule has 1 aromatic carbocycles. The molecule has 0 spiro atoms. The minimum absolute atomic E-state index is 0.0374. The molecule has 2 rings (SSSR count). The van der Waals surface area contributed by atoms with E-state index in [0.717, 1.165) is 19.4 Å². The summed E-state index contributed by atoms with van der Waals surface area (Å²) in [5, 5.41) is 3.44. The van der Waals surface area contributed by atoms with Crippen molar-refractivity contribution in [2.24, 2.45) is 11.7 Å². The highest BCUT2D eigenvalue weighted by atomic mass is 35.5. The molecule has 1 aliphatic rings. The fourth-order valence-corrected chi connectivity index (χ4v) is 2.32. The largest absolute Gasteiger partial charge is 0.487 e. The minimum Gasteiger partial charge on any atom is -0.487 e. The summed E-state index contributed by atoms with van der Waals surface area (Å²) in [5.74, 6) is 0.863. The normalized spacial score (nSPS) is 19.7. The molecule has 3 N–H and O–H groups in total. The third kappa shape index (κ3) is 3.77. The zero-order valence-electron chi connectivity index (χ0n) is 10.8. The predicted molar refractivity (Wildman–Crippen MR) is 74.5 cm³/mol. The van der Waals surface area contributed by atoms with Crippen LogP contribution in [0.3, 0.4) is 0 Å². The Morgan fingerprint density at radius 1 is 1.58 bits per heavy atom. The van der Waals surface area contributed by atoms with Gasteiger partial charge in [-0.25, -0.2) is 4.39 Å². The van der Waals surface area contributed by atoms with Gasteiger partial charge in [-0.05, 0) is 37.1 Å². The van der Waals surface area contributed by atoms with Gasteiger partial charge in [-0.2, -0.15) is 0 Å². The third-order valence-electron chi connectivity index (χ3n) is 3.19. The van der Waals surface area contributed by atoms with Crippen molar-refractivity contribution in [1.29, 1.82) is 0 Å². The molecule has 2 atom stereocenters. The van der Waals surface area contributed by atoms with E-state index < -0.39 is 5.82 Å². The van der Waals surface area contributed by atoms with Crippen LogP contribution in [0.25, 0.3) is 0 Å². The Hall–Kier alpha value is -1.42. The Morgan fingerprint density at radius 3 is 2.95 bits per heavy atom. The molecule has 0 aliphatic carbocycles. The molecule has 1 aromatic rings. The van der Waals surface area contributed by atoms with E-state index in [1.54, 1.807) is 12.1 Å². The maximum Gasteiger partial charge on any atom is 0.166 e. The minimum atomic E-state index is -0.425. The van der Waals surface area contributed by atoms with Crippen molar-refractivity contribution in [3.05, 3.63) is 40.9 Å². The zero-order valence-corrected chi connectivity index (χ0v) is 11.6. The van der Waals surface area contributed by atoms with Crippen molar-refractivity contribution in [3.8, 4) is 5.75 Å². The van der Waals surface area contributed by atoms with E-state index in [9.17, 15) is 4.39 Å². The van der Waals surface area contributed by atoms with Gasteiger partial charge < -0.3 is 15.8 Å². The maximum absolute atomic E-state index is 13.7. The molecule has 0 amide bonds. The summed E-state index contributed by atoms with van der Waals surface area (Å²) in [6.45, 7) is 2.84. The summed E-state index contributed by atoms with van der Waals surface area (Å²) in [6, 6.07) is 4.46. The Balaban J connectivity index is 1.98. The van der Waals surface area contributed by atoms with Crippen molar-refractivity contribution in [1.82, 2.24) is 5.32 Å². The van der Waals surface area contributed by atoms with Gasteiger partial charge in [0.15, 0.2) is 11.6 Å². The van der Waals surface area contributed by atoms with Gasteiger partial charge in [0.2, 0.25) is 0 Å². The van der Waals surface area contributed by atoms with Gasteiger partial charge in [0.25, 0.3) is 0 Å². The van der Waals surface area contributed by atoms with Crippen LogP contribution in [0.5, 0.6) is 5.75 Å². The van der Waals surface area contributed by atoms with Crippen LogP contribution in [0.2, 0.25) is 5.02 Å². The zero-order chi connectivity index (χ0) is 13.8. The van der Waals surface area contributed by atoms with Crippen molar-refractivity contribution in [3.63, 3.8) is 0 Å². The van der Waals surface area contributed by atoms with E-state index in [2.05, 4.69) is 5.32 Å². The Bertz CT molecular complexity index is 479. The van der Waals surface area contributed by atoms with E-state index in [0.29, 0.717) is 16.8 Å². The summed E-state index contributed by atoms with van der Waals surface area (Å²) < 4.78 is 19.4. The van der Waals surface area contributed by atoms with Gasteiger partial charge in [0.1, 0.15) is 0 Å². The molecule has 0 fully saturated rings. The molecule has 0 saturated carbocycles. The monoisotopic (exact) mass is 284 g/mol. The van der Waals surface area contributed by atoms with Crippen LogP contribution in [-0.2, 0) is 0 Å². The number of rotatable bonds is 5. The number of hydrogen-bond acceptors (Lipinski definition) is 3. The molecule has 0 aromatic heterocycles. The molecule has 0 saturated heterocycles. The second-order valence-corrected chi connectivity index (χ2v) is 5.16. The summed E-state index contributed by atoms with van der Waals surface area (Å²) in [7, 11) is 0. The van der Waals surface area contributed by atoms with Gasteiger partial charge in [0, 0.05) is 17.5 Å². The van der Waals surface area contributed by atoms with Crippen LogP contribution < -0.4 is 15.8 Å². The van der Waals surface area contributed by atoms with E-state index >= 15 is 0 Å². The first-order valence-electron chi connectivity index (χ1n) is 6.41. The number of nitrogens with two attached hydrogens (primary N) is 1. The summed E-state index contributed by atoms with van der Waals surface area (Å²) in [6.07, 6.45) is 3.58. The molecule has 19 heavy (non-hydrogen) atoms. The average Bonchev–Trinajstić information content (AvgIpc) is 2.77. The van der Waals surface area contributed by atoms with E-state index in [1.807, 2.05) is 13.0 Å². The molecule has 1 aliphatic heterocycles. The van der Waals surface area contributed by atoms with Gasteiger partial charge >= 0.3 is 0 Å². The standard InChI is InChI=1S/C14H18ClFN2O/c1-2-11(5-9-6-14(17)18-8-9)19-13-4-3-10(15)7-12(13)16/h3-4,6-7,9,11,18H,2,5,8,17H2,1H3/t9-,11-/m0/s1. The highest BCUT2D eigenvalue weighted by Crippen LogP contribution is 2.25. The highest BCUT2D eigenvalue weighted by Gasteiger charge is 2.20. The number of nitrogens with one attached hydrogen (secondary N) is 1. The van der Waals surface area contributed by atoms with Gasteiger partial charge in [-0.3, -0.25) is 0 Å². The first-order valence-corrected chi connectivity index (χ1v) is 6.79. The van der Waals surface area contributed by atoms with Gasteiger partial charge in [0.05, 0.1) is 11.9 Å². The van der Waals surface area contributed by atoms with Crippen molar-refractivity contribution in [2.75, 3.05) is 6.54 Å². The Morgan fingerprint density at radius 2 is 2.37 bits per heavy atom. The predicted octanol–water partition coefficient (Wildman–Crippen LogP) is 3.05. The fourth-order valence-electron chi connectivity index (χ4n) is 2.16. The first-order chi connectivity index (χ1) is 9.08. The maximum atomic E-state index is 13.7. The molecule has 1 heterocycles. The van der Waals surface area contributed by atoms with E-state index in [-0.39, 0.29) is 11.9 Å². The lowest BCUT2D eigenvalue weighted by Gasteiger charge is -2.20. The van der Waals surface area contributed by atoms with Crippen LogP contribution in [0, 0.1) is 11.7 Å². The highest BCUT2D eigenvalue weighted by molar-refractivity contribution is 6.30. The fraction of sp³-hybridized carbons (Fsp3) is 0.429. The number of hydrogen-bond donors (Lipinski definition) is 2. The second-order valence-electron chi connectivity index (χ2n) is 4.72. The van der Waals surface area contributed by atoms with Crippen LogP contribution in [0.15, 0.2) is 30.1 Å². The van der Waals surface area contributed by atoms with Crippen molar-refractivity contribution in [2.45, 2.75) is 25.9 Å². The molecule has 0 bridgehead atoms. The molecule has 0 radical (unpaired) electrons. The van der Waals surface area contributed by atoms with E-state index in [4.69, 9.17) is 22.1 Å². The molecular weight excluding hydrogens is 267 g/mol. The summed E-state index contributed by atoms with van der Waals surface area (Å²) in [5.41, 5.74) is 5.67. The Kier molecular flexibility index (Phi) is 4.53. The molecule has 3 nitrogen and oxygen atoms in total. The number of ether oxygens (including phenoxy) is 1. The molecule has 5 heteroatoms.